The van der Waals surface area contributed by atoms with Crippen LogP contribution in [0.1, 0.15) is 29.4 Å². The van der Waals surface area contributed by atoms with Crippen LogP contribution < -0.4 is 5.32 Å². The molecule has 0 aromatic carbocycles. The fourth-order valence-electron chi connectivity index (χ4n) is 1.65. The van der Waals surface area contributed by atoms with Gasteiger partial charge in [0, 0.05) is 6.54 Å². The largest absolute Gasteiger partial charge is 0.461 e. The highest BCUT2D eigenvalue weighted by molar-refractivity contribution is 5.87. The second-order valence-corrected chi connectivity index (χ2v) is 3.46. The van der Waals surface area contributed by atoms with Crippen LogP contribution in [0.15, 0.2) is 12.1 Å². The Morgan fingerprint density at radius 2 is 2.47 bits per heavy atom. The summed E-state index contributed by atoms with van der Waals surface area (Å²) in [7, 11) is 0. The summed E-state index contributed by atoms with van der Waals surface area (Å²) >= 11 is 0. The first-order chi connectivity index (χ1) is 7.31. The van der Waals surface area contributed by atoms with Gasteiger partial charge in [-0.1, -0.05) is 6.07 Å². The first-order valence-corrected chi connectivity index (χ1v) is 5.22. The SMILES string of the molecule is CCOC(=O)c1ccc2c(n1)NCCC2. The fourth-order valence-corrected chi connectivity index (χ4v) is 1.65. The van der Waals surface area contributed by atoms with E-state index in [9.17, 15) is 4.79 Å². The van der Waals surface area contributed by atoms with E-state index in [2.05, 4.69) is 10.3 Å². The molecule has 80 valence electrons. The van der Waals surface area contributed by atoms with Crippen molar-refractivity contribution in [2.24, 2.45) is 0 Å². The van der Waals surface area contributed by atoms with E-state index < -0.39 is 0 Å². The van der Waals surface area contributed by atoms with Gasteiger partial charge in [-0.3, -0.25) is 0 Å². The van der Waals surface area contributed by atoms with Crippen LogP contribution in [0, 0.1) is 0 Å². The average molecular weight is 206 g/mol. The van der Waals surface area contributed by atoms with Crippen LogP contribution in [0.3, 0.4) is 0 Å². The molecule has 1 aliphatic rings. The molecule has 1 aromatic heterocycles. The van der Waals surface area contributed by atoms with Crippen molar-refractivity contribution in [3.63, 3.8) is 0 Å². The number of esters is 1. The van der Waals surface area contributed by atoms with Gasteiger partial charge in [0.15, 0.2) is 5.69 Å². The van der Waals surface area contributed by atoms with Gasteiger partial charge < -0.3 is 10.1 Å². The minimum atomic E-state index is -0.354. The van der Waals surface area contributed by atoms with Gasteiger partial charge in [0.25, 0.3) is 0 Å². The second-order valence-electron chi connectivity index (χ2n) is 3.46. The third kappa shape index (κ3) is 2.09. The standard InChI is InChI=1S/C11H14N2O2/c1-2-15-11(14)9-6-5-8-4-3-7-12-10(8)13-9/h5-6H,2-4,7H2,1H3,(H,12,13). The van der Waals surface area contributed by atoms with Crippen molar-refractivity contribution in [1.82, 2.24) is 4.98 Å². The van der Waals surface area contributed by atoms with Crippen LogP contribution in [0.25, 0.3) is 0 Å². The van der Waals surface area contributed by atoms with Crippen molar-refractivity contribution in [3.8, 4) is 0 Å². The minimum Gasteiger partial charge on any atom is -0.461 e. The van der Waals surface area contributed by atoms with Gasteiger partial charge in [0.05, 0.1) is 6.61 Å². The molecule has 0 unspecified atom stereocenters. The number of nitrogens with zero attached hydrogens (tertiary/aromatic N) is 1. The molecule has 2 heterocycles. The predicted molar refractivity (Wildman–Crippen MR) is 57.0 cm³/mol. The molecule has 0 saturated heterocycles. The van der Waals surface area contributed by atoms with Gasteiger partial charge in [-0.05, 0) is 31.4 Å². The molecule has 1 N–H and O–H groups in total. The van der Waals surface area contributed by atoms with Crippen LogP contribution in [0.2, 0.25) is 0 Å². The third-order valence-corrected chi connectivity index (χ3v) is 2.38. The summed E-state index contributed by atoms with van der Waals surface area (Å²) in [6.07, 6.45) is 2.14. The van der Waals surface area contributed by atoms with E-state index in [1.54, 1.807) is 13.0 Å². The van der Waals surface area contributed by atoms with Crippen LogP contribution >= 0.6 is 0 Å². The number of carbonyl (C=O) groups is 1. The van der Waals surface area contributed by atoms with Crippen molar-refractivity contribution in [2.45, 2.75) is 19.8 Å². The van der Waals surface area contributed by atoms with Crippen molar-refractivity contribution < 1.29 is 9.53 Å². The highest BCUT2D eigenvalue weighted by Crippen LogP contribution is 2.19. The second kappa shape index (κ2) is 4.29. The molecule has 0 aliphatic carbocycles. The number of rotatable bonds is 2. The topological polar surface area (TPSA) is 51.2 Å². The molecule has 15 heavy (non-hydrogen) atoms. The normalized spacial score (nSPS) is 13.9. The van der Waals surface area contributed by atoms with Crippen LogP contribution in [-0.4, -0.2) is 24.1 Å². The third-order valence-electron chi connectivity index (χ3n) is 2.38. The van der Waals surface area contributed by atoms with E-state index in [4.69, 9.17) is 4.74 Å². The molecule has 1 aliphatic heterocycles. The lowest BCUT2D eigenvalue weighted by Gasteiger charge is -2.16. The molecule has 0 radical (unpaired) electrons. The maximum absolute atomic E-state index is 11.4. The van der Waals surface area contributed by atoms with E-state index in [1.165, 1.54) is 5.56 Å². The number of aryl methyl sites for hydroxylation is 1. The Bertz CT molecular complexity index is 377. The number of nitrogens with one attached hydrogen (secondary N) is 1. The summed E-state index contributed by atoms with van der Waals surface area (Å²) in [4.78, 5) is 15.7. The Hall–Kier alpha value is -1.58. The minimum absolute atomic E-state index is 0.354. The summed E-state index contributed by atoms with van der Waals surface area (Å²) in [5.41, 5.74) is 1.55. The Labute approximate surface area is 88.7 Å². The summed E-state index contributed by atoms with van der Waals surface area (Å²) in [6.45, 7) is 3.09. The monoisotopic (exact) mass is 206 g/mol. The molecule has 1 aromatic rings. The van der Waals surface area contributed by atoms with E-state index in [0.29, 0.717) is 12.3 Å². The molecule has 0 amide bonds. The van der Waals surface area contributed by atoms with Gasteiger partial charge in [-0.25, -0.2) is 9.78 Å². The Balaban J connectivity index is 2.24. The molecule has 0 saturated carbocycles. The van der Waals surface area contributed by atoms with Crippen LogP contribution in [-0.2, 0) is 11.2 Å². The number of ether oxygens (including phenoxy) is 1. The number of hydrogen-bond donors (Lipinski definition) is 1. The number of anilines is 1. The van der Waals surface area contributed by atoms with Gasteiger partial charge in [0.2, 0.25) is 0 Å². The first-order valence-electron chi connectivity index (χ1n) is 5.22. The maximum Gasteiger partial charge on any atom is 0.356 e. The fraction of sp³-hybridized carbons (Fsp3) is 0.455. The van der Waals surface area contributed by atoms with Crippen molar-refractivity contribution in [2.75, 3.05) is 18.5 Å². The smallest absolute Gasteiger partial charge is 0.356 e. The average Bonchev–Trinajstić information content (AvgIpc) is 2.29. The van der Waals surface area contributed by atoms with E-state index in [1.807, 2.05) is 6.07 Å². The number of aromatic nitrogens is 1. The van der Waals surface area contributed by atoms with Gasteiger partial charge in [-0.15, -0.1) is 0 Å². The van der Waals surface area contributed by atoms with Gasteiger partial charge >= 0.3 is 5.97 Å². The molecule has 4 nitrogen and oxygen atoms in total. The molecule has 0 atom stereocenters. The van der Waals surface area contributed by atoms with Crippen LogP contribution in [0.5, 0.6) is 0 Å². The van der Waals surface area contributed by atoms with Crippen molar-refractivity contribution in [3.05, 3.63) is 23.4 Å². The summed E-state index contributed by atoms with van der Waals surface area (Å²) in [5, 5.41) is 3.18. The summed E-state index contributed by atoms with van der Waals surface area (Å²) in [5.74, 6) is 0.472. The van der Waals surface area contributed by atoms with Crippen LogP contribution in [0.4, 0.5) is 5.82 Å². The maximum atomic E-state index is 11.4. The molecule has 0 bridgehead atoms. The molecular formula is C11H14N2O2. The Kier molecular flexibility index (Phi) is 2.85. The number of carbonyl (C=O) groups excluding carboxylic acids is 1. The number of pyridine rings is 1. The highest BCUT2D eigenvalue weighted by Gasteiger charge is 2.14. The lowest BCUT2D eigenvalue weighted by atomic mass is 10.1. The zero-order valence-electron chi connectivity index (χ0n) is 8.75. The molecule has 2 rings (SSSR count). The quantitative estimate of drug-likeness (QED) is 0.747. The van der Waals surface area contributed by atoms with Crippen molar-refractivity contribution >= 4 is 11.8 Å². The zero-order valence-corrected chi connectivity index (χ0v) is 8.75. The lowest BCUT2D eigenvalue weighted by Crippen LogP contribution is -2.16. The zero-order chi connectivity index (χ0) is 10.7. The lowest BCUT2D eigenvalue weighted by molar-refractivity contribution is 0.0519. The highest BCUT2D eigenvalue weighted by atomic mass is 16.5. The first kappa shape index (κ1) is 9.96. The molecule has 0 spiro atoms. The number of hydrogen-bond acceptors (Lipinski definition) is 4. The number of fused-ring (bicyclic) bond motifs is 1. The predicted octanol–water partition coefficient (Wildman–Crippen LogP) is 1.62. The van der Waals surface area contributed by atoms with E-state index in [-0.39, 0.29) is 5.97 Å². The Morgan fingerprint density at radius 1 is 1.60 bits per heavy atom. The van der Waals surface area contributed by atoms with Crippen molar-refractivity contribution in [1.29, 1.82) is 0 Å². The summed E-state index contributed by atoms with van der Waals surface area (Å²) < 4.78 is 4.89. The van der Waals surface area contributed by atoms with E-state index in [0.717, 1.165) is 25.2 Å². The molecular weight excluding hydrogens is 192 g/mol. The molecule has 4 heteroatoms. The van der Waals surface area contributed by atoms with E-state index >= 15 is 0 Å². The van der Waals surface area contributed by atoms with Gasteiger partial charge in [-0.2, -0.15) is 0 Å². The Morgan fingerprint density at radius 3 is 3.27 bits per heavy atom. The summed E-state index contributed by atoms with van der Waals surface area (Å²) in [6, 6.07) is 3.67. The van der Waals surface area contributed by atoms with Gasteiger partial charge in [0.1, 0.15) is 5.82 Å². The molecule has 0 fully saturated rings.